The first kappa shape index (κ1) is 17.6. The third-order valence-corrected chi connectivity index (χ3v) is 4.31. The van der Waals surface area contributed by atoms with E-state index >= 15 is 0 Å². The van der Waals surface area contributed by atoms with Gasteiger partial charge < -0.3 is 19.2 Å². The van der Waals surface area contributed by atoms with Crippen molar-refractivity contribution < 1.29 is 19.0 Å². The molecule has 0 atom stereocenters. The highest BCUT2D eigenvalue weighted by Crippen LogP contribution is 2.38. The summed E-state index contributed by atoms with van der Waals surface area (Å²) in [6.07, 6.45) is 5.27. The molecule has 2 aromatic carbocycles. The maximum Gasteiger partial charge on any atom is 0.203 e. The lowest BCUT2D eigenvalue weighted by Crippen LogP contribution is -2.00. The summed E-state index contributed by atoms with van der Waals surface area (Å²) in [5.74, 6) is 1.22. The minimum absolute atomic E-state index is 0.146. The third-order valence-electron chi connectivity index (χ3n) is 4.31. The lowest BCUT2D eigenvalue weighted by molar-refractivity contribution is 0.104. The van der Waals surface area contributed by atoms with Gasteiger partial charge in [0.25, 0.3) is 0 Å². The number of carbonyl (C=O) groups excluding carboxylic acids is 1. The zero-order valence-corrected chi connectivity index (χ0v) is 15.3. The van der Waals surface area contributed by atoms with E-state index < -0.39 is 0 Å². The van der Waals surface area contributed by atoms with E-state index in [4.69, 9.17) is 14.2 Å². The van der Waals surface area contributed by atoms with Crippen molar-refractivity contribution >= 4 is 22.8 Å². The average Bonchev–Trinajstić information content (AvgIpc) is 3.09. The largest absolute Gasteiger partial charge is 0.493 e. The summed E-state index contributed by atoms with van der Waals surface area (Å²) < 4.78 is 15.9. The molecule has 1 aromatic heterocycles. The Morgan fingerprint density at radius 2 is 1.73 bits per heavy atom. The van der Waals surface area contributed by atoms with E-state index in [-0.39, 0.29) is 5.78 Å². The van der Waals surface area contributed by atoms with Gasteiger partial charge in [-0.3, -0.25) is 4.79 Å². The van der Waals surface area contributed by atoms with Crippen LogP contribution in [0.2, 0.25) is 0 Å². The summed E-state index contributed by atoms with van der Waals surface area (Å²) in [5.41, 5.74) is 3.64. The molecule has 3 rings (SSSR count). The highest BCUT2D eigenvalue weighted by Gasteiger charge is 2.16. The Hall–Kier alpha value is -3.21. The number of nitrogens with one attached hydrogen (secondary N) is 1. The molecule has 0 bridgehead atoms. The zero-order chi connectivity index (χ0) is 18.7. The van der Waals surface area contributed by atoms with Gasteiger partial charge in [-0.2, -0.15) is 0 Å². The van der Waals surface area contributed by atoms with E-state index in [0.717, 1.165) is 22.0 Å². The van der Waals surface area contributed by atoms with E-state index in [9.17, 15) is 4.79 Å². The van der Waals surface area contributed by atoms with E-state index in [2.05, 4.69) is 18.0 Å². The second-order valence-corrected chi connectivity index (χ2v) is 5.85. The molecule has 0 radical (unpaired) electrons. The number of aromatic nitrogens is 1. The number of hydrogen-bond donors (Lipinski definition) is 1. The number of hydrogen-bond acceptors (Lipinski definition) is 4. The Kier molecular flexibility index (Phi) is 4.98. The van der Waals surface area contributed by atoms with Crippen molar-refractivity contribution in [1.29, 1.82) is 0 Å². The smallest absolute Gasteiger partial charge is 0.203 e. The first-order valence-electron chi connectivity index (χ1n) is 8.18. The van der Waals surface area contributed by atoms with Crippen molar-refractivity contribution in [3.63, 3.8) is 0 Å². The molecule has 0 aliphatic carbocycles. The van der Waals surface area contributed by atoms with Crippen molar-refractivity contribution in [2.75, 3.05) is 21.3 Å². The molecule has 134 valence electrons. The van der Waals surface area contributed by atoms with E-state index in [1.165, 1.54) is 21.3 Å². The average molecular weight is 351 g/mol. The maximum absolute atomic E-state index is 12.6. The van der Waals surface area contributed by atoms with Crippen molar-refractivity contribution in [1.82, 2.24) is 4.98 Å². The molecule has 1 N–H and O–H groups in total. The number of aryl methyl sites for hydroxylation is 1. The Balaban J connectivity index is 1.96. The minimum atomic E-state index is -0.146. The van der Waals surface area contributed by atoms with Gasteiger partial charge in [-0.15, -0.1) is 0 Å². The standard InChI is InChI=1S/C21H21NO4/c1-13-6-5-7-16-20(13)14(12-22-16)8-9-17(23)15-10-18(24-2)21(26-4)19(11-15)25-3/h5-12,22H,1-4H3. The molecule has 26 heavy (non-hydrogen) atoms. The predicted octanol–water partition coefficient (Wildman–Crippen LogP) is 4.40. The topological polar surface area (TPSA) is 60.6 Å². The predicted molar refractivity (Wildman–Crippen MR) is 102 cm³/mol. The molecule has 0 aliphatic rings. The Labute approximate surface area is 152 Å². The number of allylic oxidation sites excluding steroid dienone is 1. The summed E-state index contributed by atoms with van der Waals surface area (Å²) in [4.78, 5) is 15.9. The Bertz CT molecular complexity index is 960. The highest BCUT2D eigenvalue weighted by atomic mass is 16.5. The number of rotatable bonds is 6. The molecule has 0 aliphatic heterocycles. The van der Waals surface area contributed by atoms with Crippen LogP contribution in [0, 0.1) is 6.92 Å². The van der Waals surface area contributed by atoms with Crippen LogP contribution in [0.15, 0.2) is 42.6 Å². The molecule has 5 nitrogen and oxygen atoms in total. The number of benzene rings is 2. The molecule has 0 saturated heterocycles. The summed E-state index contributed by atoms with van der Waals surface area (Å²) in [7, 11) is 4.58. The molecule has 5 heteroatoms. The fraction of sp³-hybridized carbons (Fsp3) is 0.190. The molecular weight excluding hydrogens is 330 g/mol. The van der Waals surface area contributed by atoms with Gasteiger partial charge in [0.1, 0.15) is 0 Å². The van der Waals surface area contributed by atoms with Gasteiger partial charge in [-0.1, -0.05) is 12.1 Å². The number of carbonyl (C=O) groups is 1. The number of ketones is 1. The van der Waals surface area contributed by atoms with Gasteiger partial charge in [-0.25, -0.2) is 0 Å². The van der Waals surface area contributed by atoms with Gasteiger partial charge in [-0.05, 0) is 42.8 Å². The molecule has 1 heterocycles. The van der Waals surface area contributed by atoms with Gasteiger partial charge in [0, 0.05) is 28.2 Å². The Morgan fingerprint density at radius 3 is 2.35 bits per heavy atom. The van der Waals surface area contributed by atoms with E-state index in [1.54, 1.807) is 18.2 Å². The summed E-state index contributed by atoms with van der Waals surface area (Å²) in [5, 5.41) is 1.11. The number of aromatic amines is 1. The van der Waals surface area contributed by atoms with Gasteiger partial charge in [0.05, 0.1) is 21.3 Å². The second-order valence-electron chi connectivity index (χ2n) is 5.85. The van der Waals surface area contributed by atoms with Crippen molar-refractivity contribution in [2.24, 2.45) is 0 Å². The number of H-pyrrole nitrogens is 1. The fourth-order valence-electron chi connectivity index (χ4n) is 3.02. The first-order chi connectivity index (χ1) is 12.6. The summed E-state index contributed by atoms with van der Waals surface area (Å²) in [6, 6.07) is 9.36. The molecule has 0 unspecified atom stereocenters. The van der Waals surface area contributed by atoms with Crippen LogP contribution < -0.4 is 14.2 Å². The quantitative estimate of drug-likeness (QED) is 0.528. The van der Waals surface area contributed by atoms with Gasteiger partial charge in [0.2, 0.25) is 5.75 Å². The van der Waals surface area contributed by atoms with Crippen molar-refractivity contribution in [3.8, 4) is 17.2 Å². The van der Waals surface area contributed by atoms with Crippen LogP contribution in [0.1, 0.15) is 21.5 Å². The van der Waals surface area contributed by atoms with E-state index in [0.29, 0.717) is 22.8 Å². The van der Waals surface area contributed by atoms with Crippen molar-refractivity contribution in [3.05, 3.63) is 59.3 Å². The summed E-state index contributed by atoms with van der Waals surface area (Å²) >= 11 is 0. The number of methoxy groups -OCH3 is 3. The van der Waals surface area contributed by atoms with Gasteiger partial charge >= 0.3 is 0 Å². The highest BCUT2D eigenvalue weighted by molar-refractivity contribution is 6.08. The Morgan fingerprint density at radius 1 is 1.04 bits per heavy atom. The SMILES string of the molecule is COc1cc(C(=O)C=Cc2c[nH]c3cccc(C)c23)cc(OC)c1OC. The molecular formula is C21H21NO4. The first-order valence-corrected chi connectivity index (χ1v) is 8.18. The van der Waals surface area contributed by atoms with E-state index in [1.807, 2.05) is 24.4 Å². The molecule has 3 aromatic rings. The maximum atomic E-state index is 12.6. The lowest BCUT2D eigenvalue weighted by atomic mass is 10.1. The van der Waals surface area contributed by atoms with Crippen LogP contribution in [0.4, 0.5) is 0 Å². The van der Waals surface area contributed by atoms with Crippen molar-refractivity contribution in [2.45, 2.75) is 6.92 Å². The summed E-state index contributed by atoms with van der Waals surface area (Å²) in [6.45, 7) is 2.05. The fourth-order valence-corrected chi connectivity index (χ4v) is 3.02. The molecule has 0 spiro atoms. The van der Waals surface area contributed by atoms with Crippen LogP contribution in [0.5, 0.6) is 17.2 Å². The second kappa shape index (κ2) is 7.35. The number of fused-ring (bicyclic) bond motifs is 1. The van der Waals surface area contributed by atoms with Crippen LogP contribution in [0.3, 0.4) is 0 Å². The molecule has 0 saturated carbocycles. The van der Waals surface area contributed by atoms with Crippen LogP contribution in [0.25, 0.3) is 17.0 Å². The minimum Gasteiger partial charge on any atom is -0.493 e. The zero-order valence-electron chi connectivity index (χ0n) is 15.3. The van der Waals surface area contributed by atoms with Gasteiger partial charge in [0.15, 0.2) is 17.3 Å². The number of ether oxygens (including phenoxy) is 3. The van der Waals surface area contributed by atoms with Crippen LogP contribution in [-0.2, 0) is 0 Å². The van der Waals surface area contributed by atoms with Crippen LogP contribution in [-0.4, -0.2) is 32.1 Å². The normalized spacial score (nSPS) is 11.1. The van der Waals surface area contributed by atoms with Crippen LogP contribution >= 0.6 is 0 Å². The molecule has 0 fully saturated rings. The molecule has 0 amide bonds. The lowest BCUT2D eigenvalue weighted by Gasteiger charge is -2.13. The third kappa shape index (κ3) is 3.16. The monoisotopic (exact) mass is 351 g/mol.